The lowest BCUT2D eigenvalue weighted by molar-refractivity contribution is 0.0735. The van der Waals surface area contributed by atoms with E-state index in [4.69, 9.17) is 0 Å². The number of rotatable bonds is 4. The maximum Gasteiger partial charge on any atom is 0.257 e. The van der Waals surface area contributed by atoms with Crippen molar-refractivity contribution in [2.45, 2.75) is 0 Å². The normalized spacial score (nSPS) is 13.7. The molecule has 1 aliphatic rings. The Morgan fingerprint density at radius 2 is 1.60 bits per heavy atom. The zero-order chi connectivity index (χ0) is 20.9. The number of anilines is 1. The zero-order valence-corrected chi connectivity index (χ0v) is 16.3. The summed E-state index contributed by atoms with van der Waals surface area (Å²) in [4.78, 5) is 31.1. The van der Waals surface area contributed by atoms with E-state index in [9.17, 15) is 14.0 Å². The van der Waals surface area contributed by atoms with E-state index in [1.165, 1.54) is 30.5 Å². The number of carbonyl (C=O) groups is 2. The average molecular weight is 404 g/mol. The molecule has 0 aliphatic carbocycles. The van der Waals surface area contributed by atoms with Crippen molar-refractivity contribution in [3.8, 4) is 11.1 Å². The van der Waals surface area contributed by atoms with Gasteiger partial charge < -0.3 is 15.5 Å². The van der Waals surface area contributed by atoms with Gasteiger partial charge >= 0.3 is 0 Å². The molecule has 1 fully saturated rings. The minimum Gasteiger partial charge on any atom is -0.336 e. The van der Waals surface area contributed by atoms with E-state index >= 15 is 0 Å². The summed E-state index contributed by atoms with van der Waals surface area (Å²) >= 11 is 0. The number of pyridine rings is 1. The van der Waals surface area contributed by atoms with Crippen LogP contribution in [0.15, 0.2) is 67.0 Å². The van der Waals surface area contributed by atoms with Crippen LogP contribution in [0.2, 0.25) is 0 Å². The van der Waals surface area contributed by atoms with Crippen molar-refractivity contribution < 1.29 is 14.0 Å². The number of nitrogens with zero attached hydrogens (tertiary/aromatic N) is 2. The van der Waals surface area contributed by atoms with Gasteiger partial charge in [-0.05, 0) is 48.0 Å². The van der Waals surface area contributed by atoms with Crippen molar-refractivity contribution in [2.75, 3.05) is 31.5 Å². The molecule has 2 heterocycles. The number of aromatic nitrogens is 1. The number of hydrogen-bond donors (Lipinski definition) is 2. The van der Waals surface area contributed by atoms with Gasteiger partial charge in [-0.1, -0.05) is 12.1 Å². The van der Waals surface area contributed by atoms with Gasteiger partial charge in [0.2, 0.25) is 0 Å². The molecule has 4 rings (SSSR count). The van der Waals surface area contributed by atoms with E-state index in [1.54, 1.807) is 24.4 Å². The van der Waals surface area contributed by atoms with Crippen LogP contribution < -0.4 is 10.6 Å². The lowest BCUT2D eigenvalue weighted by atomic mass is 10.0. The first kappa shape index (κ1) is 19.7. The number of hydrogen-bond acceptors (Lipinski definition) is 4. The largest absolute Gasteiger partial charge is 0.336 e. The summed E-state index contributed by atoms with van der Waals surface area (Å²) in [5, 5.41) is 5.96. The van der Waals surface area contributed by atoms with Gasteiger partial charge in [-0.25, -0.2) is 4.39 Å². The van der Waals surface area contributed by atoms with Gasteiger partial charge in [-0.3, -0.25) is 14.6 Å². The van der Waals surface area contributed by atoms with E-state index in [1.807, 2.05) is 17.0 Å². The fraction of sp³-hybridized carbons (Fsp3) is 0.174. The van der Waals surface area contributed by atoms with E-state index in [0.717, 1.165) is 24.2 Å². The molecule has 6 nitrogen and oxygen atoms in total. The van der Waals surface area contributed by atoms with Crippen LogP contribution in [0.1, 0.15) is 20.7 Å². The van der Waals surface area contributed by atoms with Crippen molar-refractivity contribution >= 4 is 17.5 Å². The van der Waals surface area contributed by atoms with Crippen LogP contribution in [-0.2, 0) is 0 Å². The lowest BCUT2D eigenvalue weighted by Crippen LogP contribution is -2.46. The summed E-state index contributed by atoms with van der Waals surface area (Å²) < 4.78 is 13.0. The highest BCUT2D eigenvalue weighted by molar-refractivity contribution is 6.04. The Labute approximate surface area is 173 Å². The highest BCUT2D eigenvalue weighted by atomic mass is 19.1. The minimum absolute atomic E-state index is 0.0219. The van der Waals surface area contributed by atoms with Crippen LogP contribution in [-0.4, -0.2) is 47.9 Å². The summed E-state index contributed by atoms with van der Waals surface area (Å²) in [6.45, 7) is 3.02. The van der Waals surface area contributed by atoms with Crippen molar-refractivity contribution in [2.24, 2.45) is 0 Å². The Hall–Kier alpha value is -3.58. The molecule has 0 radical (unpaired) electrons. The first-order chi connectivity index (χ1) is 14.6. The van der Waals surface area contributed by atoms with Crippen molar-refractivity contribution in [3.05, 3.63) is 83.9 Å². The molecule has 1 aromatic heterocycles. The van der Waals surface area contributed by atoms with Crippen LogP contribution in [0.3, 0.4) is 0 Å². The van der Waals surface area contributed by atoms with Gasteiger partial charge in [0.1, 0.15) is 5.82 Å². The van der Waals surface area contributed by atoms with Gasteiger partial charge in [0.15, 0.2) is 0 Å². The molecule has 30 heavy (non-hydrogen) atoms. The second-order valence-corrected chi connectivity index (χ2v) is 7.04. The lowest BCUT2D eigenvalue weighted by Gasteiger charge is -2.27. The van der Waals surface area contributed by atoms with Gasteiger partial charge in [-0.15, -0.1) is 0 Å². The number of benzene rings is 2. The number of amides is 2. The molecule has 0 spiro atoms. The molecule has 1 aliphatic heterocycles. The maximum atomic E-state index is 13.0. The average Bonchev–Trinajstić information content (AvgIpc) is 2.81. The molecule has 2 aromatic carbocycles. The fourth-order valence-corrected chi connectivity index (χ4v) is 3.31. The molecule has 1 saturated heterocycles. The second kappa shape index (κ2) is 8.84. The van der Waals surface area contributed by atoms with Gasteiger partial charge in [0.25, 0.3) is 11.8 Å². The SMILES string of the molecule is O=C(Nc1ccc(F)cc1)c1cncc(-c2ccc(C(=O)N3CCNCC3)cc2)c1. The predicted molar refractivity (Wildman–Crippen MR) is 113 cm³/mol. The third kappa shape index (κ3) is 4.52. The molecule has 152 valence electrons. The van der Waals surface area contributed by atoms with Crippen molar-refractivity contribution in [3.63, 3.8) is 0 Å². The van der Waals surface area contributed by atoms with E-state index in [0.29, 0.717) is 29.9 Å². The summed E-state index contributed by atoms with van der Waals surface area (Å²) in [6.07, 6.45) is 3.15. The molecule has 0 bridgehead atoms. The monoisotopic (exact) mass is 404 g/mol. The maximum absolute atomic E-state index is 13.0. The molecule has 0 unspecified atom stereocenters. The minimum atomic E-state index is -0.365. The highest BCUT2D eigenvalue weighted by Gasteiger charge is 2.18. The highest BCUT2D eigenvalue weighted by Crippen LogP contribution is 2.21. The first-order valence-electron chi connectivity index (χ1n) is 9.72. The number of carbonyl (C=O) groups excluding carboxylic acids is 2. The molecule has 0 saturated carbocycles. The molecular weight excluding hydrogens is 383 g/mol. The molecular formula is C23H21FN4O2. The topological polar surface area (TPSA) is 74.3 Å². The van der Waals surface area contributed by atoms with Crippen molar-refractivity contribution in [1.82, 2.24) is 15.2 Å². The van der Waals surface area contributed by atoms with E-state index < -0.39 is 0 Å². The summed E-state index contributed by atoms with van der Waals surface area (Å²) in [5.74, 6) is -0.675. The second-order valence-electron chi connectivity index (χ2n) is 7.04. The van der Waals surface area contributed by atoms with Crippen LogP contribution in [0.4, 0.5) is 10.1 Å². The quantitative estimate of drug-likeness (QED) is 0.701. The van der Waals surface area contributed by atoms with E-state index in [2.05, 4.69) is 15.6 Å². The number of piperazine rings is 1. The molecule has 0 atom stereocenters. The van der Waals surface area contributed by atoms with Crippen molar-refractivity contribution in [1.29, 1.82) is 0 Å². The van der Waals surface area contributed by atoms with Crippen LogP contribution in [0, 0.1) is 5.82 Å². The van der Waals surface area contributed by atoms with Crippen LogP contribution in [0.25, 0.3) is 11.1 Å². The van der Waals surface area contributed by atoms with Gasteiger partial charge in [0.05, 0.1) is 5.56 Å². The van der Waals surface area contributed by atoms with Gasteiger partial charge in [0, 0.05) is 55.4 Å². The Balaban J connectivity index is 1.48. The summed E-state index contributed by atoms with van der Waals surface area (Å²) in [5.41, 5.74) is 3.15. The van der Waals surface area contributed by atoms with Crippen LogP contribution >= 0.6 is 0 Å². The third-order valence-corrected chi connectivity index (χ3v) is 4.97. The third-order valence-electron chi connectivity index (χ3n) is 4.97. The first-order valence-corrected chi connectivity index (χ1v) is 9.72. The smallest absolute Gasteiger partial charge is 0.257 e. The Bertz CT molecular complexity index is 1050. The molecule has 2 amide bonds. The van der Waals surface area contributed by atoms with Crippen LogP contribution in [0.5, 0.6) is 0 Å². The Kier molecular flexibility index (Phi) is 5.81. The molecule has 3 aromatic rings. The number of halogens is 1. The molecule has 7 heteroatoms. The molecule has 2 N–H and O–H groups in total. The van der Waals surface area contributed by atoms with Gasteiger partial charge in [-0.2, -0.15) is 0 Å². The van der Waals surface area contributed by atoms with E-state index in [-0.39, 0.29) is 17.6 Å². The Morgan fingerprint density at radius 1 is 0.900 bits per heavy atom. The zero-order valence-electron chi connectivity index (χ0n) is 16.3. The summed E-state index contributed by atoms with van der Waals surface area (Å²) in [7, 11) is 0. The predicted octanol–water partition coefficient (Wildman–Crippen LogP) is 3.19. The fourth-order valence-electron chi connectivity index (χ4n) is 3.31. The number of nitrogens with one attached hydrogen (secondary N) is 2. The summed E-state index contributed by atoms with van der Waals surface area (Å²) in [6, 6.07) is 14.6. The standard InChI is InChI=1S/C23H21FN4O2/c24-20-5-7-21(8-6-20)27-22(29)19-13-18(14-26-15-19)16-1-3-17(4-2-16)23(30)28-11-9-25-10-12-28/h1-8,13-15,25H,9-12H2,(H,27,29). The Morgan fingerprint density at radius 3 is 2.30 bits per heavy atom.